The van der Waals surface area contributed by atoms with Gasteiger partial charge in [-0.15, -0.1) is 12.4 Å². The van der Waals surface area contributed by atoms with Crippen LogP contribution < -0.4 is 10.6 Å². The first-order valence-corrected chi connectivity index (χ1v) is 5.80. The van der Waals surface area contributed by atoms with E-state index in [1.54, 1.807) is 0 Å². The molecular weight excluding hydrogens is 228 g/mol. The predicted molar refractivity (Wildman–Crippen MR) is 64.8 cm³/mol. The van der Waals surface area contributed by atoms with Crippen molar-refractivity contribution in [3.8, 4) is 0 Å². The average molecular weight is 249 g/mol. The van der Waals surface area contributed by atoms with Crippen molar-refractivity contribution < 1.29 is 9.53 Å². The highest BCUT2D eigenvalue weighted by molar-refractivity contribution is 5.85. The van der Waals surface area contributed by atoms with Gasteiger partial charge in [-0.05, 0) is 39.3 Å². The maximum atomic E-state index is 11.9. The van der Waals surface area contributed by atoms with E-state index in [1.165, 1.54) is 0 Å². The summed E-state index contributed by atoms with van der Waals surface area (Å²) in [7, 11) is 0. The van der Waals surface area contributed by atoms with Crippen LogP contribution in [-0.2, 0) is 9.53 Å². The van der Waals surface area contributed by atoms with Gasteiger partial charge in [0.25, 0.3) is 0 Å². The predicted octanol–water partition coefficient (Wildman–Crippen LogP) is 0.703. The molecule has 0 aromatic carbocycles. The first-order chi connectivity index (χ1) is 7.20. The number of amides is 1. The summed E-state index contributed by atoms with van der Waals surface area (Å²) >= 11 is 0. The summed E-state index contributed by atoms with van der Waals surface area (Å²) in [6.07, 6.45) is 2.92. The minimum Gasteiger partial charge on any atom is -0.381 e. The van der Waals surface area contributed by atoms with Crippen LogP contribution in [0.2, 0.25) is 0 Å². The van der Waals surface area contributed by atoms with Gasteiger partial charge < -0.3 is 15.4 Å². The minimum atomic E-state index is -0.00900. The number of hydrogen-bond acceptors (Lipinski definition) is 3. The molecular formula is C11H21ClN2O2. The van der Waals surface area contributed by atoms with Crippen LogP contribution >= 0.6 is 12.4 Å². The lowest BCUT2D eigenvalue weighted by molar-refractivity contribution is -0.127. The Balaban J connectivity index is 0.00000128. The molecule has 2 heterocycles. The summed E-state index contributed by atoms with van der Waals surface area (Å²) in [5, 5.41) is 6.48. The van der Waals surface area contributed by atoms with Crippen LogP contribution in [-0.4, -0.2) is 37.7 Å². The lowest BCUT2D eigenvalue weighted by atomic mass is 9.90. The first kappa shape index (κ1) is 13.7. The number of piperidine rings is 1. The Hall–Kier alpha value is -0.320. The van der Waals surface area contributed by atoms with E-state index in [0.29, 0.717) is 6.61 Å². The number of carbonyl (C=O) groups is 1. The molecule has 0 aromatic rings. The van der Waals surface area contributed by atoms with E-state index in [2.05, 4.69) is 17.6 Å². The van der Waals surface area contributed by atoms with Crippen molar-refractivity contribution in [1.82, 2.24) is 10.6 Å². The van der Waals surface area contributed by atoms with Crippen molar-refractivity contribution in [2.45, 2.75) is 31.7 Å². The summed E-state index contributed by atoms with van der Waals surface area (Å²) in [4.78, 5) is 11.9. The molecule has 0 radical (unpaired) electrons. The highest BCUT2D eigenvalue weighted by Gasteiger charge is 2.32. The molecule has 16 heavy (non-hydrogen) atoms. The molecule has 0 bridgehead atoms. The first-order valence-electron chi connectivity index (χ1n) is 5.80. The zero-order valence-electron chi connectivity index (χ0n) is 9.75. The van der Waals surface area contributed by atoms with Crippen molar-refractivity contribution in [1.29, 1.82) is 0 Å². The number of nitrogens with one attached hydrogen (secondary N) is 2. The van der Waals surface area contributed by atoms with Crippen molar-refractivity contribution in [3.05, 3.63) is 0 Å². The lowest BCUT2D eigenvalue weighted by Crippen LogP contribution is -2.53. The molecule has 1 unspecified atom stereocenters. The third kappa shape index (κ3) is 3.34. The molecule has 94 valence electrons. The van der Waals surface area contributed by atoms with Crippen LogP contribution in [0, 0.1) is 5.92 Å². The molecule has 5 heteroatoms. The van der Waals surface area contributed by atoms with E-state index in [-0.39, 0.29) is 29.8 Å². The fraction of sp³-hybridized carbons (Fsp3) is 0.909. The third-order valence-electron chi connectivity index (χ3n) is 3.43. The van der Waals surface area contributed by atoms with Crippen LogP contribution in [0.5, 0.6) is 0 Å². The molecule has 0 spiro atoms. The molecule has 2 aliphatic rings. The summed E-state index contributed by atoms with van der Waals surface area (Å²) in [6.45, 7) is 5.47. The minimum absolute atomic E-state index is 0. The molecule has 0 aliphatic carbocycles. The highest BCUT2D eigenvalue weighted by Crippen LogP contribution is 2.20. The summed E-state index contributed by atoms with van der Waals surface area (Å²) < 4.78 is 5.23. The molecule has 2 aliphatic heterocycles. The maximum absolute atomic E-state index is 11.9. The largest absolute Gasteiger partial charge is 0.381 e. The molecule has 1 atom stereocenters. The number of carbonyl (C=O) groups excluding carboxylic acids is 1. The summed E-state index contributed by atoms with van der Waals surface area (Å²) in [6, 6.07) is 0. The Morgan fingerprint density at radius 1 is 1.44 bits per heavy atom. The highest BCUT2D eigenvalue weighted by atomic mass is 35.5. The zero-order valence-corrected chi connectivity index (χ0v) is 10.6. The van der Waals surface area contributed by atoms with Crippen LogP contribution in [0.15, 0.2) is 0 Å². The van der Waals surface area contributed by atoms with E-state index < -0.39 is 0 Å². The molecule has 2 fully saturated rings. The van der Waals surface area contributed by atoms with E-state index in [9.17, 15) is 4.79 Å². The second-order valence-electron chi connectivity index (χ2n) is 4.86. The van der Waals surface area contributed by atoms with Gasteiger partial charge in [0.2, 0.25) is 5.91 Å². The lowest BCUT2D eigenvalue weighted by Gasteiger charge is -2.35. The van der Waals surface area contributed by atoms with Crippen molar-refractivity contribution in [2.24, 2.45) is 5.92 Å². The normalized spacial score (nSPS) is 28.2. The van der Waals surface area contributed by atoms with Gasteiger partial charge in [0.15, 0.2) is 0 Å². The molecule has 4 nitrogen and oxygen atoms in total. The van der Waals surface area contributed by atoms with Gasteiger partial charge >= 0.3 is 0 Å². The second-order valence-corrected chi connectivity index (χ2v) is 4.86. The maximum Gasteiger partial charge on any atom is 0.225 e. The van der Waals surface area contributed by atoms with Crippen LogP contribution in [0.1, 0.15) is 26.2 Å². The number of hydrogen-bond donors (Lipinski definition) is 2. The van der Waals surface area contributed by atoms with Crippen LogP contribution in [0.3, 0.4) is 0 Å². The Bertz CT molecular complexity index is 236. The quantitative estimate of drug-likeness (QED) is 0.757. The Morgan fingerprint density at radius 3 is 2.69 bits per heavy atom. The fourth-order valence-electron chi connectivity index (χ4n) is 2.24. The average Bonchev–Trinajstić information content (AvgIpc) is 2.70. The number of rotatable bonds is 2. The van der Waals surface area contributed by atoms with Gasteiger partial charge in [-0.2, -0.15) is 0 Å². The van der Waals surface area contributed by atoms with E-state index in [0.717, 1.165) is 39.0 Å². The van der Waals surface area contributed by atoms with Gasteiger partial charge in [-0.25, -0.2) is 0 Å². The monoisotopic (exact) mass is 248 g/mol. The summed E-state index contributed by atoms with van der Waals surface area (Å²) in [5.41, 5.74) is -0.00900. The topological polar surface area (TPSA) is 50.4 Å². The molecule has 0 aromatic heterocycles. The van der Waals surface area contributed by atoms with Gasteiger partial charge in [0.05, 0.1) is 12.5 Å². The SMILES string of the molecule is CC1(NC(=O)C2CCOC2)CCNCC1.Cl. The van der Waals surface area contributed by atoms with E-state index >= 15 is 0 Å². The van der Waals surface area contributed by atoms with Crippen molar-refractivity contribution in [3.63, 3.8) is 0 Å². The molecule has 1 amide bonds. The summed E-state index contributed by atoms with van der Waals surface area (Å²) in [5.74, 6) is 0.258. The molecule has 2 rings (SSSR count). The molecule has 2 N–H and O–H groups in total. The third-order valence-corrected chi connectivity index (χ3v) is 3.43. The Kier molecular flexibility index (Phi) is 5.02. The second kappa shape index (κ2) is 5.84. The molecule has 2 saturated heterocycles. The van der Waals surface area contributed by atoms with Crippen LogP contribution in [0.4, 0.5) is 0 Å². The van der Waals surface area contributed by atoms with Gasteiger partial charge in [0.1, 0.15) is 0 Å². The zero-order chi connectivity index (χ0) is 10.7. The van der Waals surface area contributed by atoms with Crippen LogP contribution in [0.25, 0.3) is 0 Å². The van der Waals surface area contributed by atoms with Gasteiger partial charge in [-0.1, -0.05) is 0 Å². The molecule has 0 saturated carbocycles. The Labute approximate surface area is 103 Å². The Morgan fingerprint density at radius 2 is 2.12 bits per heavy atom. The van der Waals surface area contributed by atoms with Crippen molar-refractivity contribution in [2.75, 3.05) is 26.3 Å². The van der Waals surface area contributed by atoms with E-state index in [1.807, 2.05) is 0 Å². The number of halogens is 1. The number of ether oxygens (including phenoxy) is 1. The standard InChI is InChI=1S/C11H20N2O2.ClH/c1-11(3-5-12-6-4-11)13-10(14)9-2-7-15-8-9;/h9,12H,2-8H2,1H3,(H,13,14);1H. The fourth-order valence-corrected chi connectivity index (χ4v) is 2.24. The van der Waals surface area contributed by atoms with Gasteiger partial charge in [0, 0.05) is 12.1 Å². The van der Waals surface area contributed by atoms with E-state index in [4.69, 9.17) is 4.74 Å². The van der Waals surface area contributed by atoms with Crippen molar-refractivity contribution >= 4 is 18.3 Å². The smallest absolute Gasteiger partial charge is 0.225 e. The van der Waals surface area contributed by atoms with Gasteiger partial charge in [-0.3, -0.25) is 4.79 Å².